The molecule has 9 heteroatoms. The number of halogens is 3. The van der Waals surface area contributed by atoms with Crippen LogP contribution >= 0.6 is 11.6 Å². The summed E-state index contributed by atoms with van der Waals surface area (Å²) in [6.45, 7) is -0.159. The first kappa shape index (κ1) is 21.4. The van der Waals surface area contributed by atoms with Crippen molar-refractivity contribution in [2.45, 2.75) is 13.0 Å². The van der Waals surface area contributed by atoms with Gasteiger partial charge < -0.3 is 19.1 Å². The molecule has 0 spiro atoms. The van der Waals surface area contributed by atoms with Gasteiger partial charge in [0.25, 0.3) is 0 Å². The van der Waals surface area contributed by atoms with Gasteiger partial charge in [0.15, 0.2) is 0 Å². The third kappa shape index (κ3) is 5.52. The Morgan fingerprint density at radius 2 is 2.00 bits per heavy atom. The third-order valence-corrected chi connectivity index (χ3v) is 3.68. The largest absolute Gasteiger partial charge is 1.00 e. The summed E-state index contributed by atoms with van der Waals surface area (Å²) in [6, 6.07) is 7.80. The maximum absolute atomic E-state index is 13.7. The third-order valence-electron chi connectivity index (χ3n) is 3.45. The standard InChI is InChI=1S/C18H12ClF2NO4.Na/c19-11-2-4-16(25-8-10-1-3-12(20)6-15(10)21)14(5-11)18-22-13(9-26-18)7-17(23)24;/h1-6,9H,7-8H2,(H,23,24);/q;+1/p-1. The minimum atomic E-state index is -1.29. The van der Waals surface area contributed by atoms with Crippen molar-refractivity contribution in [1.29, 1.82) is 0 Å². The molecule has 134 valence electrons. The fourth-order valence-electron chi connectivity index (χ4n) is 2.25. The van der Waals surface area contributed by atoms with E-state index >= 15 is 0 Å². The SMILES string of the molecule is O=C([O-])Cc1coc(-c2cc(Cl)ccc2OCc2ccc(F)cc2F)n1.[Na+]. The normalized spacial score (nSPS) is 10.3. The average Bonchev–Trinajstić information content (AvgIpc) is 3.02. The number of oxazole rings is 1. The van der Waals surface area contributed by atoms with Gasteiger partial charge in [-0.2, -0.15) is 0 Å². The van der Waals surface area contributed by atoms with E-state index in [1.54, 1.807) is 12.1 Å². The number of rotatable bonds is 6. The Balaban J connectivity index is 0.00000261. The van der Waals surface area contributed by atoms with E-state index in [9.17, 15) is 18.7 Å². The second-order valence-corrected chi connectivity index (χ2v) is 5.79. The number of carboxylic acid groups (broad SMARTS) is 1. The van der Waals surface area contributed by atoms with E-state index in [2.05, 4.69) is 4.98 Å². The Labute approximate surface area is 180 Å². The second-order valence-electron chi connectivity index (χ2n) is 5.36. The molecule has 0 atom stereocenters. The Hall–Kier alpha value is -1.93. The molecule has 0 N–H and O–H groups in total. The molecule has 1 heterocycles. The zero-order chi connectivity index (χ0) is 18.7. The minimum absolute atomic E-state index is 0. The zero-order valence-corrected chi connectivity index (χ0v) is 16.9. The fraction of sp³-hybridized carbons (Fsp3) is 0.111. The van der Waals surface area contributed by atoms with Crippen molar-refractivity contribution in [2.24, 2.45) is 0 Å². The van der Waals surface area contributed by atoms with Crippen molar-refractivity contribution in [1.82, 2.24) is 4.98 Å². The van der Waals surface area contributed by atoms with E-state index in [1.165, 1.54) is 18.4 Å². The summed E-state index contributed by atoms with van der Waals surface area (Å²) in [5.41, 5.74) is 0.706. The summed E-state index contributed by atoms with van der Waals surface area (Å²) in [4.78, 5) is 14.7. The molecule has 0 amide bonds. The minimum Gasteiger partial charge on any atom is -0.550 e. The summed E-state index contributed by atoms with van der Waals surface area (Å²) >= 11 is 5.99. The molecule has 5 nitrogen and oxygen atoms in total. The van der Waals surface area contributed by atoms with Crippen LogP contribution in [0.3, 0.4) is 0 Å². The van der Waals surface area contributed by atoms with Gasteiger partial charge in [-0.1, -0.05) is 11.6 Å². The van der Waals surface area contributed by atoms with Crippen molar-refractivity contribution >= 4 is 17.6 Å². The average molecular weight is 402 g/mol. The van der Waals surface area contributed by atoms with Crippen LogP contribution in [0.4, 0.5) is 8.78 Å². The maximum Gasteiger partial charge on any atom is 1.00 e. The van der Waals surface area contributed by atoms with Crippen LogP contribution in [0.2, 0.25) is 5.02 Å². The van der Waals surface area contributed by atoms with Crippen LogP contribution in [-0.2, 0) is 17.8 Å². The van der Waals surface area contributed by atoms with Gasteiger partial charge in [0.2, 0.25) is 5.89 Å². The molecule has 0 aliphatic carbocycles. The van der Waals surface area contributed by atoms with Crippen LogP contribution in [0.15, 0.2) is 47.1 Å². The maximum atomic E-state index is 13.7. The molecule has 2 aromatic carbocycles. The van der Waals surface area contributed by atoms with E-state index in [0.29, 0.717) is 16.3 Å². The van der Waals surface area contributed by atoms with Crippen LogP contribution in [0.25, 0.3) is 11.5 Å². The quantitative estimate of drug-likeness (QED) is 0.550. The van der Waals surface area contributed by atoms with Gasteiger partial charge in [-0.3, -0.25) is 0 Å². The summed E-state index contributed by atoms with van der Waals surface area (Å²) in [5.74, 6) is -2.32. The summed E-state index contributed by atoms with van der Waals surface area (Å²) in [6.07, 6.45) is 0.788. The second kappa shape index (κ2) is 9.32. The van der Waals surface area contributed by atoms with Crippen molar-refractivity contribution in [3.05, 3.63) is 70.6 Å². The molecule has 0 fully saturated rings. The van der Waals surface area contributed by atoms with E-state index in [0.717, 1.165) is 12.1 Å². The molecule has 1 aromatic heterocycles. The van der Waals surface area contributed by atoms with E-state index in [1.807, 2.05) is 0 Å². The Kier molecular flexibility index (Phi) is 7.38. The predicted octanol–water partition coefficient (Wildman–Crippen LogP) is 0.149. The first-order valence-corrected chi connectivity index (χ1v) is 7.81. The number of hydrogen-bond acceptors (Lipinski definition) is 5. The van der Waals surface area contributed by atoms with Crippen LogP contribution in [0, 0.1) is 11.6 Å². The number of carbonyl (C=O) groups is 1. The molecule has 0 bridgehead atoms. The Bertz CT molecular complexity index is 964. The number of aromatic nitrogens is 1. The molecule has 0 aliphatic heterocycles. The molecule has 3 aromatic rings. The van der Waals surface area contributed by atoms with Gasteiger partial charge >= 0.3 is 29.6 Å². The number of aliphatic carboxylic acids is 1. The number of nitrogens with zero attached hydrogens (tertiary/aromatic N) is 1. The van der Waals surface area contributed by atoms with Gasteiger partial charge in [0.05, 0.1) is 11.3 Å². The van der Waals surface area contributed by atoms with Crippen molar-refractivity contribution < 1.29 is 57.4 Å². The fourth-order valence-corrected chi connectivity index (χ4v) is 2.42. The van der Waals surface area contributed by atoms with Crippen LogP contribution in [-0.4, -0.2) is 11.0 Å². The summed E-state index contributed by atoms with van der Waals surface area (Å²) in [5, 5.41) is 11.0. The Morgan fingerprint density at radius 3 is 2.70 bits per heavy atom. The number of ether oxygens (including phenoxy) is 1. The Morgan fingerprint density at radius 1 is 1.22 bits per heavy atom. The molecule has 0 saturated carbocycles. The van der Waals surface area contributed by atoms with E-state index < -0.39 is 24.0 Å². The molecular weight excluding hydrogens is 391 g/mol. The molecule has 0 radical (unpaired) electrons. The topological polar surface area (TPSA) is 75.4 Å². The van der Waals surface area contributed by atoms with Gasteiger partial charge in [0, 0.05) is 29.0 Å². The van der Waals surface area contributed by atoms with Crippen molar-refractivity contribution in [3.63, 3.8) is 0 Å². The van der Waals surface area contributed by atoms with Crippen LogP contribution < -0.4 is 39.4 Å². The van der Waals surface area contributed by atoms with E-state index in [4.69, 9.17) is 20.8 Å². The number of carboxylic acids is 1. The van der Waals surface area contributed by atoms with Crippen LogP contribution in [0.1, 0.15) is 11.3 Å². The summed E-state index contributed by atoms with van der Waals surface area (Å²) in [7, 11) is 0. The van der Waals surface area contributed by atoms with Crippen molar-refractivity contribution in [2.75, 3.05) is 0 Å². The summed E-state index contributed by atoms with van der Waals surface area (Å²) < 4.78 is 37.6. The predicted molar refractivity (Wildman–Crippen MR) is 86.4 cm³/mol. The first-order valence-electron chi connectivity index (χ1n) is 7.43. The number of carbonyl (C=O) groups excluding carboxylic acids is 1. The van der Waals surface area contributed by atoms with E-state index in [-0.39, 0.29) is 53.3 Å². The molecule has 0 aliphatic rings. The van der Waals surface area contributed by atoms with Crippen LogP contribution in [0.5, 0.6) is 5.75 Å². The molecule has 27 heavy (non-hydrogen) atoms. The first-order chi connectivity index (χ1) is 12.4. The smallest absolute Gasteiger partial charge is 0.550 e. The monoisotopic (exact) mass is 401 g/mol. The molecule has 0 saturated heterocycles. The van der Waals surface area contributed by atoms with Gasteiger partial charge in [-0.25, -0.2) is 13.8 Å². The molecular formula is C18H11ClF2NNaO4. The molecule has 3 rings (SSSR count). The van der Waals surface area contributed by atoms with Gasteiger partial charge in [-0.05, 0) is 30.3 Å². The zero-order valence-electron chi connectivity index (χ0n) is 14.2. The van der Waals surface area contributed by atoms with Gasteiger partial charge in [0.1, 0.15) is 30.3 Å². The van der Waals surface area contributed by atoms with Gasteiger partial charge in [-0.15, -0.1) is 0 Å². The number of benzene rings is 2. The number of hydrogen-bond donors (Lipinski definition) is 0. The molecule has 0 unspecified atom stereocenters. The van der Waals surface area contributed by atoms with Crippen molar-refractivity contribution in [3.8, 4) is 17.2 Å².